The second kappa shape index (κ2) is 6.59. The molecule has 3 N–H and O–H groups in total. The largest absolute Gasteiger partial charge is 0.391 e. The molecule has 0 aliphatic heterocycles. The van der Waals surface area contributed by atoms with Gasteiger partial charge in [-0.1, -0.05) is 12.8 Å². The van der Waals surface area contributed by atoms with E-state index < -0.39 is 29.6 Å². The zero-order valence-corrected chi connectivity index (χ0v) is 11.1. The van der Waals surface area contributed by atoms with Gasteiger partial charge in [0.25, 0.3) is 0 Å². The van der Waals surface area contributed by atoms with Crippen LogP contribution in [0.25, 0.3) is 0 Å². The van der Waals surface area contributed by atoms with Crippen LogP contribution in [0.15, 0.2) is 12.1 Å². The molecule has 0 saturated heterocycles. The number of hydrogen-bond donors (Lipinski definition) is 2. The summed E-state index contributed by atoms with van der Waals surface area (Å²) >= 11 is 0. The molecular formula is C13H17ClF3NO. The first-order chi connectivity index (χ1) is 8.50. The predicted molar refractivity (Wildman–Crippen MR) is 68.5 cm³/mol. The van der Waals surface area contributed by atoms with Gasteiger partial charge < -0.3 is 10.8 Å². The van der Waals surface area contributed by atoms with Crippen molar-refractivity contribution in [1.29, 1.82) is 0 Å². The quantitative estimate of drug-likeness (QED) is 0.842. The molecule has 2 atom stereocenters. The molecule has 0 amide bonds. The average Bonchev–Trinajstić information content (AvgIpc) is 2.85. The van der Waals surface area contributed by atoms with Gasteiger partial charge in [-0.2, -0.15) is 0 Å². The zero-order valence-electron chi connectivity index (χ0n) is 10.3. The molecule has 6 heteroatoms. The van der Waals surface area contributed by atoms with E-state index in [1.54, 1.807) is 0 Å². The van der Waals surface area contributed by atoms with Crippen molar-refractivity contribution in [2.24, 2.45) is 11.7 Å². The van der Waals surface area contributed by atoms with Gasteiger partial charge in [0.15, 0.2) is 11.6 Å². The fourth-order valence-electron chi connectivity index (χ4n) is 2.59. The third kappa shape index (κ3) is 3.41. The van der Waals surface area contributed by atoms with Crippen LogP contribution in [-0.4, -0.2) is 11.2 Å². The summed E-state index contributed by atoms with van der Waals surface area (Å²) in [6, 6.07) is 0.215. The van der Waals surface area contributed by atoms with Crippen LogP contribution in [0.1, 0.15) is 37.3 Å². The summed E-state index contributed by atoms with van der Waals surface area (Å²) in [6.07, 6.45) is 2.65. The average molecular weight is 296 g/mol. The van der Waals surface area contributed by atoms with E-state index in [-0.39, 0.29) is 23.9 Å². The van der Waals surface area contributed by atoms with Gasteiger partial charge in [-0.3, -0.25) is 0 Å². The van der Waals surface area contributed by atoms with Crippen molar-refractivity contribution in [2.45, 2.75) is 37.8 Å². The van der Waals surface area contributed by atoms with Crippen LogP contribution >= 0.6 is 12.4 Å². The van der Waals surface area contributed by atoms with E-state index in [1.165, 1.54) is 0 Å². The molecule has 0 aromatic heterocycles. The second-order valence-electron chi connectivity index (χ2n) is 4.85. The molecule has 2 nitrogen and oxygen atoms in total. The number of aliphatic hydroxyl groups is 1. The van der Waals surface area contributed by atoms with Gasteiger partial charge in [-0.15, -0.1) is 12.4 Å². The highest BCUT2D eigenvalue weighted by Crippen LogP contribution is 2.33. The van der Waals surface area contributed by atoms with Gasteiger partial charge in [-0.25, -0.2) is 13.2 Å². The summed E-state index contributed by atoms with van der Waals surface area (Å²) in [6.45, 7) is 0. The highest BCUT2D eigenvalue weighted by Gasteiger charge is 2.31. The standard InChI is InChI=1S/C13H16F3NO.ClH/c14-8-5-9(11(16)10(15)6-8)12(17)13(18)7-3-1-2-4-7;/h5-7,12-13,18H,1-4,17H2;1H/t12-,13+;/m1./s1. The van der Waals surface area contributed by atoms with Gasteiger partial charge in [0, 0.05) is 11.6 Å². The summed E-state index contributed by atoms with van der Waals surface area (Å²) in [5, 5.41) is 10.0. The zero-order chi connectivity index (χ0) is 13.3. The van der Waals surface area contributed by atoms with Crippen LogP contribution in [0.4, 0.5) is 13.2 Å². The first kappa shape index (κ1) is 16.3. The lowest BCUT2D eigenvalue weighted by atomic mass is 9.90. The molecule has 0 spiro atoms. The summed E-state index contributed by atoms with van der Waals surface area (Å²) in [5.41, 5.74) is 5.43. The van der Waals surface area contributed by atoms with Crippen LogP contribution < -0.4 is 5.73 Å². The van der Waals surface area contributed by atoms with Gasteiger partial charge in [-0.05, 0) is 24.8 Å². The van der Waals surface area contributed by atoms with Crippen molar-refractivity contribution in [1.82, 2.24) is 0 Å². The normalized spacial score (nSPS) is 19.0. The van der Waals surface area contributed by atoms with Crippen molar-refractivity contribution in [2.75, 3.05) is 0 Å². The molecule has 1 aromatic rings. The van der Waals surface area contributed by atoms with E-state index >= 15 is 0 Å². The Morgan fingerprint density at radius 2 is 1.74 bits per heavy atom. The van der Waals surface area contributed by atoms with Gasteiger partial charge in [0.05, 0.1) is 12.1 Å². The molecule has 0 bridgehead atoms. The van der Waals surface area contributed by atoms with Gasteiger partial charge in [0.2, 0.25) is 0 Å². The molecule has 0 heterocycles. The topological polar surface area (TPSA) is 46.2 Å². The van der Waals surface area contributed by atoms with Crippen molar-refractivity contribution in [3.8, 4) is 0 Å². The van der Waals surface area contributed by atoms with Crippen LogP contribution in [0.2, 0.25) is 0 Å². The van der Waals surface area contributed by atoms with Crippen molar-refractivity contribution in [3.05, 3.63) is 35.1 Å². The number of nitrogens with two attached hydrogens (primary N) is 1. The van der Waals surface area contributed by atoms with E-state index in [0.717, 1.165) is 31.7 Å². The predicted octanol–water partition coefficient (Wildman–Crippen LogP) is 3.08. The van der Waals surface area contributed by atoms with Crippen molar-refractivity contribution >= 4 is 12.4 Å². The number of hydrogen-bond acceptors (Lipinski definition) is 2. The SMILES string of the molecule is Cl.N[C@H](c1cc(F)cc(F)c1F)[C@@H](O)C1CCCC1. The number of benzene rings is 1. The molecule has 108 valence electrons. The third-order valence-electron chi connectivity index (χ3n) is 3.63. The lowest BCUT2D eigenvalue weighted by Crippen LogP contribution is -2.32. The maximum absolute atomic E-state index is 13.5. The first-order valence-corrected chi connectivity index (χ1v) is 6.09. The number of rotatable bonds is 3. The Morgan fingerprint density at radius 1 is 1.16 bits per heavy atom. The van der Waals surface area contributed by atoms with E-state index in [9.17, 15) is 18.3 Å². The fourth-order valence-corrected chi connectivity index (χ4v) is 2.59. The smallest absolute Gasteiger partial charge is 0.163 e. The minimum absolute atomic E-state index is 0. The molecule has 19 heavy (non-hydrogen) atoms. The molecule has 2 rings (SSSR count). The molecule has 1 aromatic carbocycles. The van der Waals surface area contributed by atoms with Crippen LogP contribution in [0.3, 0.4) is 0 Å². The Morgan fingerprint density at radius 3 is 2.32 bits per heavy atom. The van der Waals surface area contributed by atoms with Crippen LogP contribution in [0, 0.1) is 23.4 Å². The van der Waals surface area contributed by atoms with Crippen molar-refractivity contribution < 1.29 is 18.3 Å². The molecule has 0 radical (unpaired) electrons. The summed E-state index contributed by atoms with van der Waals surface area (Å²) in [7, 11) is 0. The van der Waals surface area contributed by atoms with E-state index in [1.807, 2.05) is 0 Å². The summed E-state index contributed by atoms with van der Waals surface area (Å²) in [4.78, 5) is 0. The van der Waals surface area contributed by atoms with Crippen LogP contribution in [0.5, 0.6) is 0 Å². The van der Waals surface area contributed by atoms with E-state index in [2.05, 4.69) is 0 Å². The molecular weight excluding hydrogens is 279 g/mol. The highest BCUT2D eigenvalue weighted by atomic mass is 35.5. The molecule has 1 fully saturated rings. The molecule has 1 aliphatic rings. The second-order valence-corrected chi connectivity index (χ2v) is 4.85. The number of aliphatic hydroxyl groups excluding tert-OH is 1. The molecule has 1 saturated carbocycles. The Kier molecular flexibility index (Phi) is 5.64. The highest BCUT2D eigenvalue weighted by molar-refractivity contribution is 5.85. The Balaban J connectivity index is 0.00000180. The van der Waals surface area contributed by atoms with E-state index in [0.29, 0.717) is 6.07 Å². The maximum atomic E-state index is 13.5. The maximum Gasteiger partial charge on any atom is 0.163 e. The minimum atomic E-state index is -1.28. The van der Waals surface area contributed by atoms with Gasteiger partial charge >= 0.3 is 0 Å². The Labute approximate surface area is 116 Å². The van der Waals surface area contributed by atoms with E-state index in [4.69, 9.17) is 5.73 Å². The monoisotopic (exact) mass is 295 g/mol. The third-order valence-corrected chi connectivity index (χ3v) is 3.63. The van der Waals surface area contributed by atoms with Gasteiger partial charge in [0.1, 0.15) is 5.82 Å². The van der Waals surface area contributed by atoms with Crippen molar-refractivity contribution in [3.63, 3.8) is 0 Å². The Hall–Kier alpha value is -0.780. The summed E-state index contributed by atoms with van der Waals surface area (Å²) < 4.78 is 39.7. The fraction of sp³-hybridized carbons (Fsp3) is 0.538. The lowest BCUT2D eigenvalue weighted by molar-refractivity contribution is 0.0829. The first-order valence-electron chi connectivity index (χ1n) is 6.09. The summed E-state index contributed by atoms with van der Waals surface area (Å²) in [5.74, 6) is -3.37. The molecule has 0 unspecified atom stereocenters. The number of halogens is 4. The van der Waals surface area contributed by atoms with Crippen LogP contribution in [-0.2, 0) is 0 Å². The Bertz CT molecular complexity index is 438. The lowest BCUT2D eigenvalue weighted by Gasteiger charge is -2.25. The molecule has 1 aliphatic carbocycles. The minimum Gasteiger partial charge on any atom is -0.391 e.